The summed E-state index contributed by atoms with van der Waals surface area (Å²) in [5.41, 5.74) is 6.92. The standard InChI is InChI=1S/C47H48ClNO4/c1-33(49(2)46(51)52-32-42-40-23-13-11-21-38(40)39-22-12-14-24-41(39)42)31-45(50)53-47(36-19-9-6-10-20-36,43-25-15-16-26-44(43)48)37-29-27-35(28-30-37)34-17-7-4-3-5-8-18-34/h6,9-16,19-30,33-34,42H,3-5,7-8,17-18,31-32H2,1-2H3/t33-,47?/m1/s1. The van der Waals surface area contributed by atoms with Crippen molar-refractivity contribution in [3.8, 4) is 11.1 Å². The minimum absolute atomic E-state index is 0.0418. The van der Waals surface area contributed by atoms with Gasteiger partial charge in [-0.3, -0.25) is 4.79 Å². The van der Waals surface area contributed by atoms with E-state index in [-0.39, 0.29) is 18.9 Å². The van der Waals surface area contributed by atoms with Crippen LogP contribution in [0.15, 0.2) is 127 Å². The summed E-state index contributed by atoms with van der Waals surface area (Å²) in [6.45, 7) is 2.04. The van der Waals surface area contributed by atoms with Gasteiger partial charge in [0.15, 0.2) is 5.60 Å². The van der Waals surface area contributed by atoms with Crippen molar-refractivity contribution in [1.82, 2.24) is 4.90 Å². The number of carbonyl (C=O) groups excluding carboxylic acids is 2. The number of rotatable bonds is 10. The first-order valence-electron chi connectivity index (χ1n) is 19.1. The monoisotopic (exact) mass is 725 g/mol. The molecule has 2 atom stereocenters. The van der Waals surface area contributed by atoms with Gasteiger partial charge in [0.1, 0.15) is 6.61 Å². The Labute approximate surface area is 318 Å². The van der Waals surface area contributed by atoms with Gasteiger partial charge < -0.3 is 14.4 Å². The summed E-state index contributed by atoms with van der Waals surface area (Å²) in [7, 11) is 1.67. The van der Waals surface area contributed by atoms with Gasteiger partial charge in [-0.25, -0.2) is 4.79 Å². The van der Waals surface area contributed by atoms with Crippen LogP contribution in [0.25, 0.3) is 11.1 Å². The predicted octanol–water partition coefficient (Wildman–Crippen LogP) is 11.7. The van der Waals surface area contributed by atoms with Gasteiger partial charge in [-0.2, -0.15) is 0 Å². The van der Waals surface area contributed by atoms with E-state index < -0.39 is 23.7 Å². The number of benzene rings is 5. The van der Waals surface area contributed by atoms with Crippen molar-refractivity contribution < 1.29 is 19.1 Å². The van der Waals surface area contributed by atoms with Gasteiger partial charge in [-0.05, 0) is 59.6 Å². The Morgan fingerprint density at radius 3 is 1.91 bits per heavy atom. The number of hydrogen-bond donors (Lipinski definition) is 0. The molecule has 0 heterocycles. The van der Waals surface area contributed by atoms with E-state index in [0.717, 1.165) is 22.3 Å². The van der Waals surface area contributed by atoms with E-state index in [9.17, 15) is 9.59 Å². The second kappa shape index (κ2) is 16.4. The molecule has 6 heteroatoms. The van der Waals surface area contributed by atoms with Crippen molar-refractivity contribution in [1.29, 1.82) is 0 Å². The molecular weight excluding hydrogens is 678 g/mol. The highest BCUT2D eigenvalue weighted by Crippen LogP contribution is 2.46. The van der Waals surface area contributed by atoms with Crippen molar-refractivity contribution in [3.63, 3.8) is 0 Å². The Morgan fingerprint density at radius 1 is 0.717 bits per heavy atom. The van der Waals surface area contributed by atoms with Crippen LogP contribution < -0.4 is 0 Å². The molecule has 1 unspecified atom stereocenters. The molecule has 2 aliphatic rings. The van der Waals surface area contributed by atoms with Crippen LogP contribution >= 0.6 is 11.6 Å². The molecule has 7 rings (SSSR count). The topological polar surface area (TPSA) is 55.8 Å². The normalized spacial score (nSPS) is 16.3. The molecular formula is C47H48ClNO4. The fourth-order valence-corrected chi connectivity index (χ4v) is 8.58. The highest BCUT2D eigenvalue weighted by Gasteiger charge is 2.43. The Hall–Kier alpha value is -4.87. The second-order valence-electron chi connectivity index (χ2n) is 14.6. The van der Waals surface area contributed by atoms with Crippen LogP contribution in [0.5, 0.6) is 0 Å². The summed E-state index contributed by atoms with van der Waals surface area (Å²) in [4.78, 5) is 29.2. The minimum atomic E-state index is -1.32. The first-order chi connectivity index (χ1) is 25.9. The molecule has 5 nitrogen and oxygen atoms in total. The van der Waals surface area contributed by atoms with Crippen LogP contribution in [0.3, 0.4) is 0 Å². The maximum atomic E-state index is 14.2. The van der Waals surface area contributed by atoms with Gasteiger partial charge in [-0.1, -0.05) is 165 Å². The van der Waals surface area contributed by atoms with Gasteiger partial charge >= 0.3 is 12.1 Å². The zero-order valence-corrected chi connectivity index (χ0v) is 31.4. The number of fused-ring (bicyclic) bond motifs is 3. The van der Waals surface area contributed by atoms with Crippen molar-refractivity contribution in [3.05, 3.63) is 166 Å². The van der Waals surface area contributed by atoms with E-state index in [1.807, 2.05) is 85.8 Å². The smallest absolute Gasteiger partial charge is 0.409 e. The molecule has 1 fully saturated rings. The molecule has 0 aromatic heterocycles. The van der Waals surface area contributed by atoms with Crippen molar-refractivity contribution in [2.24, 2.45) is 0 Å². The fraction of sp³-hybridized carbons (Fsp3) is 0.319. The predicted molar refractivity (Wildman–Crippen MR) is 212 cm³/mol. The summed E-state index contributed by atoms with van der Waals surface area (Å²) in [6.07, 6.45) is 8.27. The maximum absolute atomic E-state index is 14.2. The summed E-state index contributed by atoms with van der Waals surface area (Å²) >= 11 is 6.97. The molecule has 1 saturated carbocycles. The second-order valence-corrected chi connectivity index (χ2v) is 15.0. The fourth-order valence-electron chi connectivity index (χ4n) is 8.32. The van der Waals surface area contributed by atoms with Crippen LogP contribution in [-0.2, 0) is 19.9 Å². The van der Waals surface area contributed by atoms with E-state index in [1.165, 1.54) is 66.5 Å². The van der Waals surface area contributed by atoms with E-state index >= 15 is 0 Å². The number of halogens is 1. The third-order valence-corrected chi connectivity index (χ3v) is 11.7. The summed E-state index contributed by atoms with van der Waals surface area (Å²) in [5.74, 6) is 0.0110. The quantitative estimate of drug-likeness (QED) is 0.106. The lowest BCUT2D eigenvalue weighted by Gasteiger charge is -2.37. The van der Waals surface area contributed by atoms with Crippen LogP contribution in [0.1, 0.15) is 104 Å². The van der Waals surface area contributed by atoms with Gasteiger partial charge in [0, 0.05) is 40.7 Å². The van der Waals surface area contributed by atoms with Gasteiger partial charge in [0.2, 0.25) is 0 Å². The minimum Gasteiger partial charge on any atom is -0.448 e. The Bertz CT molecular complexity index is 1980. The molecule has 0 radical (unpaired) electrons. The number of carbonyl (C=O) groups is 2. The van der Waals surface area contributed by atoms with Crippen molar-refractivity contribution in [2.45, 2.75) is 81.8 Å². The highest BCUT2D eigenvalue weighted by atomic mass is 35.5. The van der Waals surface area contributed by atoms with Crippen molar-refractivity contribution >= 4 is 23.7 Å². The zero-order valence-electron chi connectivity index (χ0n) is 30.7. The van der Waals surface area contributed by atoms with Crippen LogP contribution in [-0.4, -0.2) is 36.7 Å². The summed E-state index contributed by atoms with van der Waals surface area (Å²) in [5, 5.41) is 0.497. The third-order valence-electron chi connectivity index (χ3n) is 11.3. The highest BCUT2D eigenvalue weighted by molar-refractivity contribution is 6.31. The summed E-state index contributed by atoms with van der Waals surface area (Å²) < 4.78 is 12.6. The Morgan fingerprint density at radius 2 is 1.26 bits per heavy atom. The van der Waals surface area contributed by atoms with Gasteiger partial charge in [-0.15, -0.1) is 0 Å². The number of ether oxygens (including phenoxy) is 2. The molecule has 0 spiro atoms. The lowest BCUT2D eigenvalue weighted by molar-refractivity contribution is -0.154. The maximum Gasteiger partial charge on any atom is 0.409 e. The van der Waals surface area contributed by atoms with E-state index in [0.29, 0.717) is 16.5 Å². The molecule has 0 saturated heterocycles. The number of amides is 1. The molecule has 272 valence electrons. The molecule has 2 aliphatic carbocycles. The number of esters is 1. The Balaban J connectivity index is 1.12. The van der Waals surface area contributed by atoms with Crippen molar-refractivity contribution in [2.75, 3.05) is 13.7 Å². The average Bonchev–Trinajstić information content (AvgIpc) is 3.50. The lowest BCUT2D eigenvalue weighted by atomic mass is 9.78. The SMILES string of the molecule is C[C@H](CC(=O)OC(c1ccccc1)(c1ccc(C2CCCCCCC2)cc1)c1ccccc1Cl)N(C)C(=O)OCC1c2ccccc2-c2ccccc21. The van der Waals surface area contributed by atoms with E-state index in [4.69, 9.17) is 21.1 Å². The van der Waals surface area contributed by atoms with Crippen LogP contribution in [0, 0.1) is 0 Å². The molecule has 0 N–H and O–H groups in total. The van der Waals surface area contributed by atoms with Crippen LogP contribution in [0.2, 0.25) is 5.02 Å². The Kier molecular flexibility index (Phi) is 11.3. The molecule has 5 aromatic rings. The average molecular weight is 726 g/mol. The molecule has 0 aliphatic heterocycles. The molecule has 53 heavy (non-hydrogen) atoms. The zero-order chi connectivity index (χ0) is 36.8. The first-order valence-corrected chi connectivity index (χ1v) is 19.4. The molecule has 0 bridgehead atoms. The largest absolute Gasteiger partial charge is 0.448 e. The van der Waals surface area contributed by atoms with Crippen LogP contribution in [0.4, 0.5) is 4.79 Å². The molecule has 1 amide bonds. The van der Waals surface area contributed by atoms with E-state index in [2.05, 4.69) is 48.5 Å². The van der Waals surface area contributed by atoms with Gasteiger partial charge in [0.25, 0.3) is 0 Å². The number of hydrogen-bond acceptors (Lipinski definition) is 4. The lowest BCUT2D eigenvalue weighted by Crippen LogP contribution is -2.40. The van der Waals surface area contributed by atoms with Gasteiger partial charge in [0.05, 0.1) is 6.42 Å². The number of nitrogens with zero attached hydrogens (tertiary/aromatic N) is 1. The first kappa shape index (κ1) is 36.5. The third kappa shape index (κ3) is 7.63. The summed E-state index contributed by atoms with van der Waals surface area (Å²) in [6, 6.07) is 42.0. The van der Waals surface area contributed by atoms with E-state index in [1.54, 1.807) is 7.05 Å². The molecule has 5 aromatic carbocycles.